The summed E-state index contributed by atoms with van der Waals surface area (Å²) in [5, 5.41) is 7.01. The van der Waals surface area contributed by atoms with Gasteiger partial charge in [-0.3, -0.25) is 4.99 Å². The second-order valence-electron chi connectivity index (χ2n) is 6.89. The third kappa shape index (κ3) is 5.85. The van der Waals surface area contributed by atoms with E-state index in [-0.39, 0.29) is 0 Å². The standard InChI is InChI=1S/C17H33N3O/c1-18-16(19-12-5-6-15-7-8-15)20-14-17(11-13-21-2)9-3-4-10-17/h15H,3-14H2,1-2H3,(H2,18,19,20). The van der Waals surface area contributed by atoms with Gasteiger partial charge in [0.1, 0.15) is 0 Å². The molecule has 4 nitrogen and oxygen atoms in total. The van der Waals surface area contributed by atoms with E-state index in [9.17, 15) is 0 Å². The molecule has 0 aromatic heterocycles. The summed E-state index contributed by atoms with van der Waals surface area (Å²) < 4.78 is 5.30. The maximum absolute atomic E-state index is 5.30. The monoisotopic (exact) mass is 295 g/mol. The number of rotatable bonds is 9. The zero-order chi connectivity index (χ0) is 15.0. The van der Waals surface area contributed by atoms with Crippen LogP contribution in [0.15, 0.2) is 4.99 Å². The average Bonchev–Trinajstić information content (AvgIpc) is 3.22. The van der Waals surface area contributed by atoms with Crippen LogP contribution in [-0.4, -0.2) is 39.8 Å². The summed E-state index contributed by atoms with van der Waals surface area (Å²) in [6.07, 6.45) is 12.1. The van der Waals surface area contributed by atoms with Crippen LogP contribution in [0.2, 0.25) is 0 Å². The van der Waals surface area contributed by atoms with Gasteiger partial charge in [-0.1, -0.05) is 25.7 Å². The first kappa shape index (κ1) is 16.6. The first-order chi connectivity index (χ1) is 10.3. The zero-order valence-corrected chi connectivity index (χ0v) is 13.9. The predicted octanol–water partition coefficient (Wildman–Crippen LogP) is 2.94. The minimum atomic E-state index is 0.418. The van der Waals surface area contributed by atoms with Crippen molar-refractivity contribution in [2.75, 3.05) is 33.9 Å². The Hall–Kier alpha value is -0.770. The molecular weight excluding hydrogens is 262 g/mol. The summed E-state index contributed by atoms with van der Waals surface area (Å²) in [5.41, 5.74) is 0.418. The second-order valence-corrected chi connectivity index (χ2v) is 6.89. The molecule has 0 spiro atoms. The summed E-state index contributed by atoms with van der Waals surface area (Å²) in [4.78, 5) is 4.36. The van der Waals surface area contributed by atoms with Gasteiger partial charge in [-0.2, -0.15) is 0 Å². The summed E-state index contributed by atoms with van der Waals surface area (Å²) in [5.74, 6) is 1.99. The minimum Gasteiger partial charge on any atom is -0.385 e. The molecule has 21 heavy (non-hydrogen) atoms. The molecule has 0 aliphatic heterocycles. The molecule has 4 heteroatoms. The Balaban J connectivity index is 1.67. The van der Waals surface area contributed by atoms with Gasteiger partial charge in [-0.05, 0) is 43.4 Å². The van der Waals surface area contributed by atoms with E-state index in [4.69, 9.17) is 4.74 Å². The fourth-order valence-electron chi connectivity index (χ4n) is 3.45. The fraction of sp³-hybridized carbons (Fsp3) is 0.941. The number of aliphatic imine (C=N–C) groups is 1. The lowest BCUT2D eigenvalue weighted by Gasteiger charge is -2.30. The highest BCUT2D eigenvalue weighted by Gasteiger charge is 2.33. The molecule has 0 unspecified atom stereocenters. The highest BCUT2D eigenvalue weighted by Crippen LogP contribution is 2.40. The lowest BCUT2D eigenvalue weighted by Crippen LogP contribution is -2.43. The first-order valence-corrected chi connectivity index (χ1v) is 8.71. The largest absolute Gasteiger partial charge is 0.385 e. The molecule has 0 bridgehead atoms. The van der Waals surface area contributed by atoms with Gasteiger partial charge >= 0.3 is 0 Å². The van der Waals surface area contributed by atoms with Crippen molar-refractivity contribution < 1.29 is 4.74 Å². The number of ether oxygens (including phenoxy) is 1. The number of hydrogen-bond donors (Lipinski definition) is 2. The van der Waals surface area contributed by atoms with Gasteiger partial charge in [-0.25, -0.2) is 0 Å². The molecule has 2 rings (SSSR count). The highest BCUT2D eigenvalue weighted by molar-refractivity contribution is 5.79. The van der Waals surface area contributed by atoms with Gasteiger partial charge in [0.25, 0.3) is 0 Å². The van der Waals surface area contributed by atoms with Gasteiger partial charge in [-0.15, -0.1) is 0 Å². The molecule has 2 aliphatic carbocycles. The van der Waals surface area contributed by atoms with E-state index < -0.39 is 0 Å². The van der Waals surface area contributed by atoms with Gasteiger partial charge in [0, 0.05) is 33.9 Å². The molecule has 0 saturated heterocycles. The molecule has 2 aliphatic rings. The van der Waals surface area contributed by atoms with Crippen molar-refractivity contribution in [3.63, 3.8) is 0 Å². The van der Waals surface area contributed by atoms with Gasteiger partial charge < -0.3 is 15.4 Å². The quantitative estimate of drug-likeness (QED) is 0.390. The van der Waals surface area contributed by atoms with E-state index in [0.29, 0.717) is 5.41 Å². The van der Waals surface area contributed by atoms with Crippen LogP contribution < -0.4 is 10.6 Å². The molecule has 0 amide bonds. The maximum atomic E-state index is 5.30. The smallest absolute Gasteiger partial charge is 0.190 e. The van der Waals surface area contributed by atoms with E-state index in [2.05, 4.69) is 15.6 Å². The van der Waals surface area contributed by atoms with Gasteiger partial charge in [0.2, 0.25) is 0 Å². The molecule has 0 aromatic carbocycles. The summed E-state index contributed by atoms with van der Waals surface area (Å²) in [7, 11) is 3.67. The zero-order valence-electron chi connectivity index (χ0n) is 13.9. The second kappa shape index (κ2) is 8.62. The predicted molar refractivity (Wildman–Crippen MR) is 88.7 cm³/mol. The first-order valence-electron chi connectivity index (χ1n) is 8.71. The average molecular weight is 295 g/mol. The SMILES string of the molecule is CN=C(NCCCC1CC1)NCC1(CCOC)CCCC1. The summed E-state index contributed by atoms with van der Waals surface area (Å²) in [6, 6.07) is 0. The van der Waals surface area contributed by atoms with E-state index in [1.165, 1.54) is 51.4 Å². The normalized spacial score (nSPS) is 21.5. The van der Waals surface area contributed by atoms with E-state index >= 15 is 0 Å². The van der Waals surface area contributed by atoms with Gasteiger partial charge in [0.15, 0.2) is 5.96 Å². The third-order valence-electron chi connectivity index (χ3n) is 5.13. The van der Waals surface area contributed by atoms with E-state index in [0.717, 1.165) is 38.0 Å². The molecule has 0 atom stereocenters. The van der Waals surface area contributed by atoms with Crippen LogP contribution >= 0.6 is 0 Å². The van der Waals surface area contributed by atoms with Gasteiger partial charge in [0.05, 0.1) is 0 Å². The van der Waals surface area contributed by atoms with Crippen LogP contribution in [0.1, 0.15) is 57.8 Å². The van der Waals surface area contributed by atoms with Crippen molar-refractivity contribution >= 4 is 5.96 Å². The van der Waals surface area contributed by atoms with E-state index in [1.54, 1.807) is 7.11 Å². The van der Waals surface area contributed by atoms with Crippen LogP contribution in [0.3, 0.4) is 0 Å². The Morgan fingerprint density at radius 1 is 1.24 bits per heavy atom. The highest BCUT2D eigenvalue weighted by atomic mass is 16.5. The summed E-state index contributed by atoms with van der Waals surface area (Å²) in [6.45, 7) is 2.94. The molecule has 0 radical (unpaired) electrons. The van der Waals surface area contributed by atoms with Crippen LogP contribution in [0.25, 0.3) is 0 Å². The number of hydrogen-bond acceptors (Lipinski definition) is 2. The Labute approximate surface area is 130 Å². The van der Waals surface area contributed by atoms with Crippen molar-refractivity contribution in [3.05, 3.63) is 0 Å². The Morgan fingerprint density at radius 3 is 2.62 bits per heavy atom. The number of nitrogens with zero attached hydrogens (tertiary/aromatic N) is 1. The molecule has 2 fully saturated rings. The lowest BCUT2D eigenvalue weighted by molar-refractivity contribution is 0.138. The lowest BCUT2D eigenvalue weighted by atomic mass is 9.83. The fourth-order valence-corrected chi connectivity index (χ4v) is 3.45. The van der Waals surface area contributed by atoms with Crippen molar-refractivity contribution in [3.8, 4) is 0 Å². The molecular formula is C17H33N3O. The minimum absolute atomic E-state index is 0.418. The molecule has 2 N–H and O–H groups in total. The Bertz CT molecular complexity index is 320. The molecule has 0 aromatic rings. The Morgan fingerprint density at radius 2 is 2.00 bits per heavy atom. The molecule has 122 valence electrons. The van der Waals surface area contributed by atoms with Crippen LogP contribution in [0.5, 0.6) is 0 Å². The van der Waals surface area contributed by atoms with Crippen molar-refractivity contribution in [1.29, 1.82) is 0 Å². The van der Waals surface area contributed by atoms with Crippen LogP contribution in [-0.2, 0) is 4.74 Å². The summed E-state index contributed by atoms with van der Waals surface area (Å²) >= 11 is 0. The van der Waals surface area contributed by atoms with E-state index in [1.807, 2.05) is 7.05 Å². The molecule has 0 heterocycles. The van der Waals surface area contributed by atoms with Crippen LogP contribution in [0.4, 0.5) is 0 Å². The number of methoxy groups -OCH3 is 1. The topological polar surface area (TPSA) is 45.7 Å². The van der Waals surface area contributed by atoms with Crippen molar-refractivity contribution in [2.24, 2.45) is 16.3 Å². The van der Waals surface area contributed by atoms with Crippen LogP contribution in [0, 0.1) is 11.3 Å². The number of guanidine groups is 1. The molecule has 2 saturated carbocycles. The maximum Gasteiger partial charge on any atom is 0.190 e. The third-order valence-corrected chi connectivity index (χ3v) is 5.13. The van der Waals surface area contributed by atoms with Crippen molar-refractivity contribution in [2.45, 2.75) is 57.8 Å². The van der Waals surface area contributed by atoms with Crippen molar-refractivity contribution in [1.82, 2.24) is 10.6 Å². The Kier molecular flexibility index (Phi) is 6.81. The number of nitrogens with one attached hydrogen (secondary N) is 2.